The quantitative estimate of drug-likeness (QED) is 0.288. The zero-order valence-electron chi connectivity index (χ0n) is 21.7. The van der Waals surface area contributed by atoms with Crippen molar-refractivity contribution in [1.29, 1.82) is 0 Å². The third-order valence-corrected chi connectivity index (χ3v) is 12.0. The smallest absolute Gasteiger partial charge is 0.260 e. The molecule has 3 atom stereocenters. The van der Waals surface area contributed by atoms with Gasteiger partial charge in [-0.05, 0) is 49.9 Å². The van der Waals surface area contributed by atoms with Gasteiger partial charge in [0.25, 0.3) is 5.79 Å². The standard InChI is InChI=1S/C26H40O6Si2/c1-24(2,3)34(7,8)30-19-18-29-25(28)21-16-12-13-17-22(21)31-26(23(25)27,32-33(4,5)6)20-14-10-9-11-15-20/h9-17,23,27-28H,18-19H2,1-8H3. The Kier molecular flexibility index (Phi) is 7.56. The first-order valence-corrected chi connectivity index (χ1v) is 18.2. The van der Waals surface area contributed by atoms with E-state index >= 15 is 0 Å². The lowest BCUT2D eigenvalue weighted by Gasteiger charge is -2.51. The summed E-state index contributed by atoms with van der Waals surface area (Å²) < 4.78 is 25.2. The van der Waals surface area contributed by atoms with E-state index in [1.807, 2.05) is 56.0 Å². The van der Waals surface area contributed by atoms with Crippen molar-refractivity contribution in [2.45, 2.75) is 76.2 Å². The second kappa shape index (κ2) is 9.50. The fourth-order valence-electron chi connectivity index (χ4n) is 3.82. The van der Waals surface area contributed by atoms with Crippen molar-refractivity contribution in [2.24, 2.45) is 0 Å². The molecule has 0 fully saturated rings. The van der Waals surface area contributed by atoms with Crippen LogP contribution in [0.5, 0.6) is 5.75 Å². The zero-order chi connectivity index (χ0) is 25.4. The van der Waals surface area contributed by atoms with Crippen molar-refractivity contribution in [3.63, 3.8) is 0 Å². The Morgan fingerprint density at radius 2 is 1.50 bits per heavy atom. The lowest BCUT2D eigenvalue weighted by molar-refractivity contribution is -0.351. The van der Waals surface area contributed by atoms with Crippen molar-refractivity contribution in [1.82, 2.24) is 0 Å². The molecule has 8 heteroatoms. The van der Waals surface area contributed by atoms with E-state index in [0.29, 0.717) is 23.5 Å². The molecule has 2 aromatic carbocycles. The van der Waals surface area contributed by atoms with E-state index in [9.17, 15) is 10.2 Å². The van der Waals surface area contributed by atoms with Gasteiger partial charge in [-0.3, -0.25) is 0 Å². The Morgan fingerprint density at radius 1 is 0.912 bits per heavy atom. The van der Waals surface area contributed by atoms with Crippen molar-refractivity contribution >= 4 is 16.6 Å². The Labute approximate surface area is 206 Å². The van der Waals surface area contributed by atoms with Crippen molar-refractivity contribution in [2.75, 3.05) is 13.2 Å². The molecule has 2 aromatic rings. The van der Waals surface area contributed by atoms with E-state index in [1.165, 1.54) is 0 Å². The van der Waals surface area contributed by atoms with Gasteiger partial charge < -0.3 is 28.5 Å². The molecule has 0 aromatic heterocycles. The molecule has 2 N–H and O–H groups in total. The van der Waals surface area contributed by atoms with E-state index in [2.05, 4.69) is 33.9 Å². The molecule has 0 saturated carbocycles. The molecule has 0 bridgehead atoms. The molecule has 188 valence electrons. The summed E-state index contributed by atoms with van der Waals surface area (Å²) in [6.07, 6.45) is -1.54. The number of rotatable bonds is 8. The first-order valence-electron chi connectivity index (χ1n) is 11.8. The molecule has 0 amide bonds. The summed E-state index contributed by atoms with van der Waals surface area (Å²) in [5.74, 6) is -3.28. The van der Waals surface area contributed by atoms with Gasteiger partial charge >= 0.3 is 0 Å². The normalized spacial score (nSPS) is 25.5. The summed E-state index contributed by atoms with van der Waals surface area (Å²) in [7, 11) is -4.27. The van der Waals surface area contributed by atoms with Crippen LogP contribution < -0.4 is 4.74 Å². The van der Waals surface area contributed by atoms with E-state index in [-0.39, 0.29) is 11.6 Å². The topological polar surface area (TPSA) is 77.4 Å². The Morgan fingerprint density at radius 3 is 2.09 bits per heavy atom. The third kappa shape index (κ3) is 5.33. The van der Waals surface area contributed by atoms with Gasteiger partial charge in [0.05, 0.1) is 18.8 Å². The van der Waals surface area contributed by atoms with Gasteiger partial charge in [0.2, 0.25) is 5.79 Å². The van der Waals surface area contributed by atoms with Crippen LogP contribution in [0.1, 0.15) is 31.9 Å². The second-order valence-electron chi connectivity index (χ2n) is 11.4. The first kappa shape index (κ1) is 27.1. The number of fused-ring (bicyclic) bond motifs is 1. The van der Waals surface area contributed by atoms with Crippen LogP contribution in [0, 0.1) is 0 Å². The largest absolute Gasteiger partial charge is 0.455 e. The molecule has 0 saturated heterocycles. The summed E-state index contributed by atoms with van der Waals surface area (Å²) in [6.45, 7) is 17.3. The predicted octanol–water partition coefficient (Wildman–Crippen LogP) is 5.33. The molecule has 3 rings (SSSR count). The summed E-state index contributed by atoms with van der Waals surface area (Å²) >= 11 is 0. The summed E-state index contributed by atoms with van der Waals surface area (Å²) in [6, 6.07) is 16.3. The third-order valence-electron chi connectivity index (χ3n) is 6.57. The number of ether oxygens (including phenoxy) is 2. The average molecular weight is 505 g/mol. The maximum Gasteiger partial charge on any atom is 0.260 e. The maximum atomic E-state index is 11.9. The van der Waals surface area contributed by atoms with Gasteiger partial charge in [0, 0.05) is 5.56 Å². The van der Waals surface area contributed by atoms with Crippen molar-refractivity contribution in [3.8, 4) is 5.75 Å². The highest BCUT2D eigenvalue weighted by Crippen LogP contribution is 2.50. The Hall–Kier alpha value is -1.53. The van der Waals surface area contributed by atoms with E-state index in [1.54, 1.807) is 18.2 Å². The number of para-hydroxylation sites is 1. The van der Waals surface area contributed by atoms with Crippen LogP contribution in [0.4, 0.5) is 0 Å². The Balaban J connectivity index is 1.99. The summed E-state index contributed by atoms with van der Waals surface area (Å²) in [5, 5.41) is 23.7. The van der Waals surface area contributed by atoms with Gasteiger partial charge in [0.1, 0.15) is 5.75 Å². The van der Waals surface area contributed by atoms with Crippen molar-refractivity contribution in [3.05, 3.63) is 65.7 Å². The summed E-state index contributed by atoms with van der Waals surface area (Å²) in [4.78, 5) is 0. The minimum Gasteiger partial charge on any atom is -0.455 e. The average Bonchev–Trinajstić information content (AvgIpc) is 2.74. The lowest BCUT2D eigenvalue weighted by atomic mass is 9.86. The molecule has 0 radical (unpaired) electrons. The monoisotopic (exact) mass is 504 g/mol. The van der Waals surface area contributed by atoms with Crippen LogP contribution in [-0.2, 0) is 25.2 Å². The molecule has 6 nitrogen and oxygen atoms in total. The van der Waals surface area contributed by atoms with E-state index < -0.39 is 34.3 Å². The number of aliphatic hydroxyl groups is 2. The van der Waals surface area contributed by atoms with Gasteiger partial charge in [-0.15, -0.1) is 0 Å². The van der Waals surface area contributed by atoms with Crippen LogP contribution in [-0.4, -0.2) is 46.2 Å². The highest BCUT2D eigenvalue weighted by atomic mass is 28.4. The second-order valence-corrected chi connectivity index (χ2v) is 20.6. The minimum absolute atomic E-state index is 0.0579. The first-order chi connectivity index (χ1) is 15.6. The number of hydrogen-bond donors (Lipinski definition) is 2. The fourth-order valence-corrected chi connectivity index (χ4v) is 6.03. The van der Waals surface area contributed by atoms with Gasteiger partial charge in [-0.25, -0.2) is 0 Å². The van der Waals surface area contributed by atoms with Crippen molar-refractivity contribution < 1.29 is 28.5 Å². The minimum atomic E-state index is -2.28. The number of aliphatic hydroxyl groups excluding tert-OH is 1. The fraction of sp³-hybridized carbons (Fsp3) is 0.538. The molecular formula is C26H40O6Si2. The SMILES string of the molecule is CC(C)(C)[Si](C)(C)OCCOC1(O)c2ccccc2OC(O[Si](C)(C)C)(c2ccccc2)C1O. The van der Waals surface area contributed by atoms with Gasteiger partial charge in [0.15, 0.2) is 22.7 Å². The molecule has 1 aliphatic rings. The molecular weight excluding hydrogens is 464 g/mol. The molecule has 34 heavy (non-hydrogen) atoms. The lowest BCUT2D eigenvalue weighted by Crippen LogP contribution is -2.63. The molecule has 0 aliphatic carbocycles. The number of benzene rings is 2. The highest BCUT2D eigenvalue weighted by molar-refractivity contribution is 6.74. The van der Waals surface area contributed by atoms with Crippen LogP contribution in [0.15, 0.2) is 54.6 Å². The van der Waals surface area contributed by atoms with Gasteiger partial charge in [-0.1, -0.05) is 63.2 Å². The molecule has 0 spiro atoms. The summed E-state index contributed by atoms with van der Waals surface area (Å²) in [5.41, 5.74) is 0.972. The molecule has 1 aliphatic heterocycles. The van der Waals surface area contributed by atoms with Crippen LogP contribution in [0.3, 0.4) is 0 Å². The van der Waals surface area contributed by atoms with Crippen LogP contribution in [0.25, 0.3) is 0 Å². The number of hydrogen-bond acceptors (Lipinski definition) is 6. The Bertz CT molecular complexity index is 969. The molecule has 1 heterocycles. The molecule has 3 unspecified atom stereocenters. The maximum absolute atomic E-state index is 11.9. The predicted molar refractivity (Wildman–Crippen MR) is 139 cm³/mol. The van der Waals surface area contributed by atoms with E-state index in [0.717, 1.165) is 0 Å². The van der Waals surface area contributed by atoms with Crippen LogP contribution >= 0.6 is 0 Å². The van der Waals surface area contributed by atoms with E-state index in [4.69, 9.17) is 18.3 Å². The zero-order valence-corrected chi connectivity index (χ0v) is 23.7. The van der Waals surface area contributed by atoms with Crippen LogP contribution in [0.2, 0.25) is 37.8 Å². The van der Waals surface area contributed by atoms with Gasteiger partial charge in [-0.2, -0.15) is 0 Å². The highest BCUT2D eigenvalue weighted by Gasteiger charge is 2.61.